The molecule has 7 nitrogen and oxygen atoms in total. The van der Waals surface area contributed by atoms with Gasteiger partial charge in [-0.3, -0.25) is 9.36 Å². The summed E-state index contributed by atoms with van der Waals surface area (Å²) in [7, 11) is 2.15. The van der Waals surface area contributed by atoms with Crippen molar-refractivity contribution in [2.45, 2.75) is 0 Å². The molecule has 0 bridgehead atoms. The number of fused-ring (bicyclic) bond motifs is 1. The molecule has 0 atom stereocenters. The Morgan fingerprint density at radius 1 is 0.778 bits per heavy atom. The largest absolute Gasteiger partial charge is 0.369 e. The predicted octanol–water partition coefficient (Wildman–Crippen LogP) is 4.64. The third-order valence-electron chi connectivity index (χ3n) is 6.68. The molecule has 180 valence electrons. The average Bonchev–Trinajstić information content (AvgIpc) is 3.35. The number of likely N-dealkylation sites (N-methyl/N-ethyl adjacent to an activating group) is 1. The number of benzene rings is 3. The van der Waals surface area contributed by atoms with Gasteiger partial charge in [0.2, 0.25) is 0 Å². The summed E-state index contributed by atoms with van der Waals surface area (Å²) in [5.74, 6) is 0.553. The van der Waals surface area contributed by atoms with E-state index in [1.165, 1.54) is 5.69 Å². The van der Waals surface area contributed by atoms with Crippen LogP contribution in [-0.4, -0.2) is 57.5 Å². The van der Waals surface area contributed by atoms with E-state index in [0.717, 1.165) is 37.4 Å². The number of halogens is 1. The van der Waals surface area contributed by atoms with Gasteiger partial charge in [0.05, 0.1) is 17.6 Å². The normalized spacial score (nSPS) is 14.4. The van der Waals surface area contributed by atoms with Crippen LogP contribution in [0, 0.1) is 0 Å². The van der Waals surface area contributed by atoms with Crippen LogP contribution >= 0.6 is 11.6 Å². The second-order valence-corrected chi connectivity index (χ2v) is 9.46. The molecule has 0 spiro atoms. The SMILES string of the molecule is CN1CCN(c2ccc(-c3nc4c(cnn4-c4ccccc4)c(=O)n3-c3ccc(Cl)cc3)cc2)CC1. The van der Waals surface area contributed by atoms with E-state index in [1.807, 2.05) is 54.6 Å². The van der Waals surface area contributed by atoms with E-state index < -0.39 is 0 Å². The molecule has 36 heavy (non-hydrogen) atoms. The topological polar surface area (TPSA) is 59.2 Å². The number of nitrogens with zero attached hydrogens (tertiary/aromatic N) is 6. The molecule has 8 heteroatoms. The fourth-order valence-electron chi connectivity index (χ4n) is 4.63. The molecule has 0 unspecified atom stereocenters. The Kier molecular flexibility index (Phi) is 5.79. The summed E-state index contributed by atoms with van der Waals surface area (Å²) in [4.78, 5) is 23.5. The lowest BCUT2D eigenvalue weighted by atomic mass is 10.1. The Hall–Kier alpha value is -3.94. The van der Waals surface area contributed by atoms with Crippen molar-refractivity contribution in [2.24, 2.45) is 0 Å². The fourth-order valence-corrected chi connectivity index (χ4v) is 4.76. The molecule has 0 N–H and O–H groups in total. The van der Waals surface area contributed by atoms with Gasteiger partial charge in [0.1, 0.15) is 11.2 Å². The Balaban J connectivity index is 1.52. The molecule has 1 aliphatic heterocycles. The van der Waals surface area contributed by atoms with Crippen molar-refractivity contribution < 1.29 is 0 Å². The Labute approximate surface area is 213 Å². The predicted molar refractivity (Wildman–Crippen MR) is 145 cm³/mol. The van der Waals surface area contributed by atoms with Crippen LogP contribution in [0.3, 0.4) is 0 Å². The first-order valence-electron chi connectivity index (χ1n) is 11.9. The quantitative estimate of drug-likeness (QED) is 0.362. The summed E-state index contributed by atoms with van der Waals surface area (Å²) < 4.78 is 3.35. The first kappa shape index (κ1) is 22.5. The Morgan fingerprint density at radius 2 is 1.44 bits per heavy atom. The van der Waals surface area contributed by atoms with E-state index in [9.17, 15) is 4.79 Å². The summed E-state index contributed by atoms with van der Waals surface area (Å²) in [6.07, 6.45) is 1.59. The highest BCUT2D eigenvalue weighted by atomic mass is 35.5. The van der Waals surface area contributed by atoms with Crippen molar-refractivity contribution in [3.05, 3.63) is 100 Å². The van der Waals surface area contributed by atoms with E-state index in [0.29, 0.717) is 27.6 Å². The van der Waals surface area contributed by atoms with E-state index in [4.69, 9.17) is 16.6 Å². The van der Waals surface area contributed by atoms with Gasteiger partial charge in [-0.1, -0.05) is 29.8 Å². The van der Waals surface area contributed by atoms with Crippen LogP contribution in [0.5, 0.6) is 0 Å². The maximum Gasteiger partial charge on any atom is 0.269 e. The highest BCUT2D eigenvalue weighted by molar-refractivity contribution is 6.30. The van der Waals surface area contributed by atoms with Gasteiger partial charge in [-0.2, -0.15) is 5.10 Å². The summed E-state index contributed by atoms with van der Waals surface area (Å²) in [5, 5.41) is 5.56. The van der Waals surface area contributed by atoms with Gasteiger partial charge >= 0.3 is 0 Å². The third-order valence-corrected chi connectivity index (χ3v) is 6.93. The van der Waals surface area contributed by atoms with Crippen LogP contribution in [0.2, 0.25) is 5.02 Å². The molecule has 0 radical (unpaired) electrons. The van der Waals surface area contributed by atoms with Gasteiger partial charge in [-0.25, -0.2) is 9.67 Å². The number of anilines is 1. The minimum Gasteiger partial charge on any atom is -0.369 e. The molecule has 0 amide bonds. The zero-order valence-electron chi connectivity index (χ0n) is 19.9. The van der Waals surface area contributed by atoms with Crippen molar-refractivity contribution in [1.82, 2.24) is 24.2 Å². The molecule has 3 aromatic carbocycles. The molecule has 1 fully saturated rings. The van der Waals surface area contributed by atoms with Crippen LogP contribution in [0.15, 0.2) is 89.9 Å². The molecule has 1 saturated heterocycles. The zero-order chi connectivity index (χ0) is 24.6. The van der Waals surface area contributed by atoms with Crippen LogP contribution < -0.4 is 10.5 Å². The number of para-hydroxylation sites is 1. The van der Waals surface area contributed by atoms with Crippen molar-refractivity contribution in [1.29, 1.82) is 0 Å². The maximum atomic E-state index is 13.8. The van der Waals surface area contributed by atoms with Gasteiger partial charge in [-0.15, -0.1) is 0 Å². The van der Waals surface area contributed by atoms with Gasteiger partial charge in [0, 0.05) is 42.5 Å². The lowest BCUT2D eigenvalue weighted by molar-refractivity contribution is 0.313. The van der Waals surface area contributed by atoms with Crippen molar-refractivity contribution in [3.8, 4) is 22.8 Å². The van der Waals surface area contributed by atoms with Gasteiger partial charge < -0.3 is 9.80 Å². The van der Waals surface area contributed by atoms with Crippen molar-refractivity contribution in [2.75, 3.05) is 38.1 Å². The number of hydrogen-bond donors (Lipinski definition) is 0. The summed E-state index contributed by atoms with van der Waals surface area (Å²) in [6, 6.07) is 25.2. The highest BCUT2D eigenvalue weighted by Gasteiger charge is 2.19. The van der Waals surface area contributed by atoms with Gasteiger partial charge in [-0.05, 0) is 67.7 Å². The minimum absolute atomic E-state index is 0.178. The lowest BCUT2D eigenvalue weighted by Crippen LogP contribution is -2.44. The van der Waals surface area contributed by atoms with Crippen LogP contribution in [0.25, 0.3) is 33.8 Å². The molecule has 0 saturated carbocycles. The first-order valence-corrected chi connectivity index (χ1v) is 12.3. The third kappa shape index (κ3) is 4.06. The maximum absolute atomic E-state index is 13.8. The van der Waals surface area contributed by atoms with Gasteiger partial charge in [0.25, 0.3) is 5.56 Å². The van der Waals surface area contributed by atoms with E-state index in [2.05, 4.69) is 34.1 Å². The van der Waals surface area contributed by atoms with Crippen LogP contribution in [-0.2, 0) is 0 Å². The molecule has 5 aromatic rings. The second kappa shape index (κ2) is 9.26. The molecule has 2 aromatic heterocycles. The summed E-state index contributed by atoms with van der Waals surface area (Å²) in [6.45, 7) is 4.07. The molecule has 1 aliphatic rings. The zero-order valence-corrected chi connectivity index (χ0v) is 20.6. The van der Waals surface area contributed by atoms with Crippen molar-refractivity contribution in [3.63, 3.8) is 0 Å². The Bertz CT molecular complexity index is 1570. The number of hydrogen-bond acceptors (Lipinski definition) is 5. The number of piperazine rings is 1. The molecule has 0 aliphatic carbocycles. The minimum atomic E-state index is -0.178. The number of rotatable bonds is 4. The van der Waals surface area contributed by atoms with Crippen LogP contribution in [0.4, 0.5) is 5.69 Å². The van der Waals surface area contributed by atoms with Crippen LogP contribution in [0.1, 0.15) is 0 Å². The van der Waals surface area contributed by atoms with Gasteiger partial charge in [0.15, 0.2) is 5.65 Å². The second-order valence-electron chi connectivity index (χ2n) is 9.02. The van der Waals surface area contributed by atoms with E-state index in [1.54, 1.807) is 27.6 Å². The molecule has 6 rings (SSSR count). The van der Waals surface area contributed by atoms with E-state index in [-0.39, 0.29) is 5.56 Å². The summed E-state index contributed by atoms with van der Waals surface area (Å²) >= 11 is 6.14. The van der Waals surface area contributed by atoms with E-state index >= 15 is 0 Å². The Morgan fingerprint density at radius 3 is 2.14 bits per heavy atom. The summed E-state index contributed by atoms with van der Waals surface area (Å²) in [5.41, 5.74) is 3.91. The highest BCUT2D eigenvalue weighted by Crippen LogP contribution is 2.27. The lowest BCUT2D eigenvalue weighted by Gasteiger charge is -2.34. The smallest absolute Gasteiger partial charge is 0.269 e. The molecular formula is C28H25ClN6O. The fraction of sp³-hybridized carbons (Fsp3) is 0.179. The average molecular weight is 497 g/mol. The van der Waals surface area contributed by atoms with Crippen molar-refractivity contribution >= 4 is 28.3 Å². The number of aromatic nitrogens is 4. The molecule has 3 heterocycles. The molecular weight excluding hydrogens is 472 g/mol. The first-order chi connectivity index (χ1) is 17.6. The monoisotopic (exact) mass is 496 g/mol. The standard InChI is InChI=1S/C28H25ClN6O/c1-32-15-17-33(18-16-32)22-11-7-20(8-12-22)26-31-27-25(19-30-35(27)24-5-3-2-4-6-24)28(36)34(26)23-13-9-21(29)10-14-23/h2-14,19H,15-18H2,1H3.